The molecule has 1 aromatic heterocycles. The molecule has 1 heterocycles. The molecule has 1 saturated carbocycles. The van der Waals surface area contributed by atoms with Gasteiger partial charge in [0, 0.05) is 17.0 Å². The van der Waals surface area contributed by atoms with Gasteiger partial charge in [-0.15, -0.1) is 11.3 Å². The summed E-state index contributed by atoms with van der Waals surface area (Å²) >= 11 is 1.29. The Labute approximate surface area is 106 Å². The number of rotatable bonds is 5. The van der Waals surface area contributed by atoms with Crippen LogP contribution in [0.15, 0.2) is 16.3 Å². The normalized spacial score (nSPS) is 20.2. The van der Waals surface area contributed by atoms with Gasteiger partial charge in [0.25, 0.3) is 10.0 Å². The SMILES string of the molecule is Cc1ccc(S(=O)(=O)NC(C)(CN)C2CC2)s1. The summed E-state index contributed by atoms with van der Waals surface area (Å²) in [5.41, 5.74) is 5.21. The molecule has 0 aliphatic heterocycles. The second-order valence-corrected chi connectivity index (χ2v) is 8.06. The summed E-state index contributed by atoms with van der Waals surface area (Å²) in [4.78, 5) is 0.992. The van der Waals surface area contributed by atoms with Crippen LogP contribution in [-0.4, -0.2) is 20.5 Å². The van der Waals surface area contributed by atoms with Crippen molar-refractivity contribution in [1.29, 1.82) is 0 Å². The molecule has 0 aromatic carbocycles. The minimum absolute atomic E-state index is 0.335. The number of nitrogens with one attached hydrogen (secondary N) is 1. The molecule has 1 aliphatic carbocycles. The van der Waals surface area contributed by atoms with Gasteiger partial charge in [-0.05, 0) is 44.7 Å². The molecule has 1 unspecified atom stereocenters. The average Bonchev–Trinajstić information content (AvgIpc) is 3.01. The molecule has 0 saturated heterocycles. The first kappa shape index (κ1) is 13.0. The van der Waals surface area contributed by atoms with Crippen LogP contribution in [0.2, 0.25) is 0 Å². The molecule has 0 spiro atoms. The first-order chi connectivity index (χ1) is 7.87. The van der Waals surface area contributed by atoms with Crippen LogP contribution in [-0.2, 0) is 10.0 Å². The van der Waals surface area contributed by atoms with E-state index >= 15 is 0 Å². The lowest BCUT2D eigenvalue weighted by Crippen LogP contribution is -2.52. The predicted molar refractivity (Wildman–Crippen MR) is 69.6 cm³/mol. The number of sulfonamides is 1. The van der Waals surface area contributed by atoms with Crippen molar-refractivity contribution < 1.29 is 8.42 Å². The van der Waals surface area contributed by atoms with Crippen molar-refractivity contribution >= 4 is 21.4 Å². The third kappa shape index (κ3) is 2.70. The van der Waals surface area contributed by atoms with Gasteiger partial charge in [0.1, 0.15) is 4.21 Å². The average molecular weight is 274 g/mol. The molecule has 2 rings (SSSR count). The van der Waals surface area contributed by atoms with Gasteiger partial charge < -0.3 is 5.73 Å². The van der Waals surface area contributed by atoms with Gasteiger partial charge in [-0.3, -0.25) is 0 Å². The van der Waals surface area contributed by atoms with E-state index < -0.39 is 15.6 Å². The Morgan fingerprint density at radius 3 is 2.59 bits per heavy atom. The van der Waals surface area contributed by atoms with E-state index in [9.17, 15) is 8.42 Å². The fourth-order valence-corrected chi connectivity index (χ4v) is 4.69. The lowest BCUT2D eigenvalue weighted by atomic mass is 9.98. The quantitative estimate of drug-likeness (QED) is 0.854. The molecular weight excluding hydrogens is 256 g/mol. The molecule has 0 bridgehead atoms. The molecule has 4 nitrogen and oxygen atoms in total. The van der Waals surface area contributed by atoms with E-state index in [1.165, 1.54) is 11.3 Å². The van der Waals surface area contributed by atoms with Crippen molar-refractivity contribution in [2.75, 3.05) is 6.54 Å². The van der Waals surface area contributed by atoms with Crippen molar-refractivity contribution in [1.82, 2.24) is 4.72 Å². The largest absolute Gasteiger partial charge is 0.329 e. The Kier molecular flexibility index (Phi) is 3.33. The first-order valence-corrected chi connectivity index (χ1v) is 7.98. The zero-order valence-electron chi connectivity index (χ0n) is 10.1. The van der Waals surface area contributed by atoms with Crippen LogP contribution in [0.25, 0.3) is 0 Å². The number of thiophene rings is 1. The predicted octanol–water partition coefficient (Wildman–Crippen LogP) is 1.46. The van der Waals surface area contributed by atoms with Gasteiger partial charge >= 0.3 is 0 Å². The highest BCUT2D eigenvalue weighted by atomic mass is 32.2. The van der Waals surface area contributed by atoms with Gasteiger partial charge in [0.05, 0.1) is 0 Å². The fourth-order valence-electron chi connectivity index (χ4n) is 1.93. The van der Waals surface area contributed by atoms with Crippen molar-refractivity contribution in [2.45, 2.75) is 36.4 Å². The van der Waals surface area contributed by atoms with Crippen LogP contribution in [0.1, 0.15) is 24.6 Å². The maximum atomic E-state index is 12.2. The summed E-state index contributed by atoms with van der Waals surface area (Å²) in [6, 6.07) is 3.46. The molecule has 0 amide bonds. The highest BCUT2D eigenvalue weighted by molar-refractivity contribution is 7.91. The molecule has 6 heteroatoms. The Morgan fingerprint density at radius 2 is 2.18 bits per heavy atom. The van der Waals surface area contributed by atoms with Crippen LogP contribution in [0.5, 0.6) is 0 Å². The van der Waals surface area contributed by atoms with Gasteiger partial charge in [-0.1, -0.05) is 0 Å². The van der Waals surface area contributed by atoms with E-state index in [2.05, 4.69) is 4.72 Å². The maximum Gasteiger partial charge on any atom is 0.250 e. The van der Waals surface area contributed by atoms with Gasteiger partial charge in [0.2, 0.25) is 0 Å². The number of hydrogen-bond donors (Lipinski definition) is 2. The number of nitrogens with two attached hydrogens (primary N) is 1. The van der Waals surface area contributed by atoms with E-state index in [4.69, 9.17) is 5.73 Å². The van der Waals surface area contributed by atoms with E-state index in [-0.39, 0.29) is 0 Å². The van der Waals surface area contributed by atoms with Crippen LogP contribution in [0, 0.1) is 12.8 Å². The lowest BCUT2D eigenvalue weighted by molar-refractivity contribution is 0.374. The topological polar surface area (TPSA) is 72.2 Å². The smallest absolute Gasteiger partial charge is 0.250 e. The summed E-state index contributed by atoms with van der Waals surface area (Å²) in [6.45, 7) is 4.12. The highest BCUT2D eigenvalue weighted by Crippen LogP contribution is 2.40. The van der Waals surface area contributed by atoms with Crippen LogP contribution >= 0.6 is 11.3 Å². The van der Waals surface area contributed by atoms with Crippen molar-refractivity contribution in [3.8, 4) is 0 Å². The third-order valence-corrected chi connectivity index (χ3v) is 6.35. The molecule has 1 aromatic rings. The van der Waals surface area contributed by atoms with Crippen molar-refractivity contribution in [2.24, 2.45) is 11.7 Å². The molecule has 96 valence electrons. The number of hydrogen-bond acceptors (Lipinski definition) is 4. The molecule has 17 heavy (non-hydrogen) atoms. The van der Waals surface area contributed by atoms with E-state index in [0.29, 0.717) is 16.7 Å². The monoisotopic (exact) mass is 274 g/mol. The third-order valence-electron chi connectivity index (χ3n) is 3.25. The molecular formula is C11H18N2O2S2. The Balaban J connectivity index is 2.22. The fraction of sp³-hybridized carbons (Fsp3) is 0.636. The van der Waals surface area contributed by atoms with Crippen molar-refractivity contribution in [3.05, 3.63) is 17.0 Å². The Hall–Kier alpha value is -0.430. The molecule has 3 N–H and O–H groups in total. The molecule has 1 aliphatic rings. The zero-order valence-corrected chi connectivity index (χ0v) is 11.7. The summed E-state index contributed by atoms with van der Waals surface area (Å²) in [5.74, 6) is 0.378. The van der Waals surface area contributed by atoms with E-state index in [1.807, 2.05) is 19.9 Å². The lowest BCUT2D eigenvalue weighted by Gasteiger charge is -2.28. The minimum Gasteiger partial charge on any atom is -0.329 e. The standard InChI is InChI=1S/C11H18N2O2S2/c1-8-3-6-10(16-8)17(14,15)13-11(2,7-12)9-4-5-9/h3,6,9,13H,4-5,7,12H2,1-2H3. The second-order valence-electron chi connectivity index (χ2n) is 4.87. The summed E-state index contributed by atoms with van der Waals surface area (Å²) in [7, 11) is -3.43. The zero-order chi connectivity index (χ0) is 12.7. The van der Waals surface area contributed by atoms with Crippen LogP contribution in [0.3, 0.4) is 0 Å². The number of aryl methyl sites for hydroxylation is 1. The molecule has 1 fully saturated rings. The minimum atomic E-state index is -3.43. The Bertz CT molecular complexity index is 505. The summed E-state index contributed by atoms with van der Waals surface area (Å²) in [5, 5.41) is 0. The second kappa shape index (κ2) is 4.35. The summed E-state index contributed by atoms with van der Waals surface area (Å²) < 4.78 is 27.5. The van der Waals surface area contributed by atoms with Crippen LogP contribution < -0.4 is 10.5 Å². The first-order valence-electron chi connectivity index (χ1n) is 5.68. The van der Waals surface area contributed by atoms with Crippen LogP contribution in [0.4, 0.5) is 0 Å². The maximum absolute atomic E-state index is 12.2. The van der Waals surface area contributed by atoms with E-state index in [1.54, 1.807) is 6.07 Å². The van der Waals surface area contributed by atoms with Gasteiger partial charge in [0.15, 0.2) is 0 Å². The summed E-state index contributed by atoms with van der Waals surface area (Å²) in [6.07, 6.45) is 2.11. The van der Waals surface area contributed by atoms with E-state index in [0.717, 1.165) is 17.7 Å². The van der Waals surface area contributed by atoms with Gasteiger partial charge in [-0.25, -0.2) is 13.1 Å². The molecule has 1 atom stereocenters. The highest BCUT2D eigenvalue weighted by Gasteiger charge is 2.43. The molecule has 0 radical (unpaired) electrons. The van der Waals surface area contributed by atoms with Crippen molar-refractivity contribution in [3.63, 3.8) is 0 Å². The van der Waals surface area contributed by atoms with Gasteiger partial charge in [-0.2, -0.15) is 0 Å². The Morgan fingerprint density at radius 1 is 1.53 bits per heavy atom.